The summed E-state index contributed by atoms with van der Waals surface area (Å²) < 4.78 is 0. The number of benzene rings is 2. The van der Waals surface area contributed by atoms with Crippen molar-refractivity contribution in [2.45, 2.75) is 17.3 Å². The highest BCUT2D eigenvalue weighted by molar-refractivity contribution is 7.98. The van der Waals surface area contributed by atoms with E-state index in [1.54, 1.807) is 18.2 Å². The summed E-state index contributed by atoms with van der Waals surface area (Å²) in [5, 5.41) is 11.0. The summed E-state index contributed by atoms with van der Waals surface area (Å²) in [5.74, 6) is 0.458. The molecule has 0 unspecified atom stereocenters. The topological polar surface area (TPSA) is 112 Å². The van der Waals surface area contributed by atoms with Crippen LogP contribution in [0, 0.1) is 0 Å². The molecule has 0 aliphatic heterocycles. The van der Waals surface area contributed by atoms with Crippen LogP contribution in [-0.2, 0) is 12.2 Å². The Morgan fingerprint density at radius 2 is 1.64 bits per heavy atom. The Labute approximate surface area is 163 Å². The molecule has 2 aromatic heterocycles. The van der Waals surface area contributed by atoms with Gasteiger partial charge in [-0.05, 0) is 17.7 Å². The van der Waals surface area contributed by atoms with Gasteiger partial charge in [0.25, 0.3) is 11.1 Å². The molecule has 28 heavy (non-hydrogen) atoms. The van der Waals surface area contributed by atoms with Gasteiger partial charge in [0.15, 0.2) is 5.16 Å². The average molecular weight is 392 g/mol. The standard InChI is InChI=1S/C20H16N4O3S/c25-17-13-8-4-5-9-15(13)21-16(22-17)11-28-20-23-18(26)14(19(27)24-20)10-12-6-2-1-3-7-12/h1-9H,10-11H2,(H,21,22,25)(H2,23,24,26,27). The van der Waals surface area contributed by atoms with Crippen molar-refractivity contribution in [1.82, 2.24) is 19.9 Å². The van der Waals surface area contributed by atoms with Crippen LogP contribution >= 0.6 is 11.8 Å². The van der Waals surface area contributed by atoms with Crippen LogP contribution in [0.3, 0.4) is 0 Å². The first kappa shape index (κ1) is 18.0. The Morgan fingerprint density at radius 3 is 2.43 bits per heavy atom. The van der Waals surface area contributed by atoms with Crippen LogP contribution in [0.2, 0.25) is 0 Å². The molecular formula is C20H16N4O3S. The predicted octanol–water partition coefficient (Wildman–Crippen LogP) is 2.60. The highest BCUT2D eigenvalue weighted by Crippen LogP contribution is 2.21. The Morgan fingerprint density at radius 1 is 0.893 bits per heavy atom. The summed E-state index contributed by atoms with van der Waals surface area (Å²) in [6.45, 7) is 0. The van der Waals surface area contributed by atoms with Gasteiger partial charge in [-0.25, -0.2) is 4.98 Å². The molecule has 0 saturated carbocycles. The quantitative estimate of drug-likeness (QED) is 0.356. The molecule has 140 valence electrons. The fraction of sp³-hybridized carbons (Fsp3) is 0.100. The lowest BCUT2D eigenvalue weighted by atomic mass is 10.1. The zero-order valence-corrected chi connectivity index (χ0v) is 15.5. The molecule has 3 N–H and O–H groups in total. The number of H-pyrrole nitrogens is 2. The van der Waals surface area contributed by atoms with E-state index in [0.717, 1.165) is 5.56 Å². The van der Waals surface area contributed by atoms with Gasteiger partial charge < -0.3 is 15.1 Å². The molecule has 0 aliphatic rings. The third-order valence-corrected chi connectivity index (χ3v) is 5.09. The maximum Gasteiger partial charge on any atom is 0.258 e. The minimum absolute atomic E-state index is 0.216. The molecule has 2 aromatic carbocycles. The molecule has 0 amide bonds. The summed E-state index contributed by atoms with van der Waals surface area (Å²) in [5.41, 5.74) is 1.11. The van der Waals surface area contributed by atoms with Crippen molar-refractivity contribution in [3.8, 4) is 5.88 Å². The van der Waals surface area contributed by atoms with E-state index in [2.05, 4.69) is 19.9 Å². The summed E-state index contributed by atoms with van der Waals surface area (Å²) in [7, 11) is 0. The highest BCUT2D eigenvalue weighted by atomic mass is 32.2. The number of aromatic hydroxyl groups is 1. The number of aromatic nitrogens is 4. The number of nitrogens with one attached hydrogen (secondary N) is 2. The molecule has 0 bridgehead atoms. The second-order valence-corrected chi connectivity index (χ2v) is 7.12. The van der Waals surface area contributed by atoms with Gasteiger partial charge in [-0.15, -0.1) is 0 Å². The molecule has 4 aromatic rings. The number of fused-ring (bicyclic) bond motifs is 1. The normalized spacial score (nSPS) is 11.0. The summed E-state index contributed by atoms with van der Waals surface area (Å²) >= 11 is 1.17. The molecule has 4 rings (SSSR count). The molecule has 0 aliphatic carbocycles. The van der Waals surface area contributed by atoms with Crippen molar-refractivity contribution in [3.05, 3.63) is 92.3 Å². The Hall–Kier alpha value is -3.39. The molecule has 0 fully saturated rings. The van der Waals surface area contributed by atoms with E-state index in [1.807, 2.05) is 36.4 Å². The predicted molar refractivity (Wildman–Crippen MR) is 108 cm³/mol. The molecule has 0 spiro atoms. The second kappa shape index (κ2) is 7.69. The van der Waals surface area contributed by atoms with Crippen LogP contribution in [0.25, 0.3) is 10.9 Å². The van der Waals surface area contributed by atoms with Crippen LogP contribution < -0.4 is 11.1 Å². The van der Waals surface area contributed by atoms with Gasteiger partial charge in [0.1, 0.15) is 5.82 Å². The number of hydrogen-bond acceptors (Lipinski definition) is 6. The van der Waals surface area contributed by atoms with Gasteiger partial charge >= 0.3 is 0 Å². The SMILES string of the molecule is O=c1[nH]c(SCc2nc3ccccc3c(=O)[nH]2)nc(O)c1Cc1ccccc1. The van der Waals surface area contributed by atoms with Crippen LogP contribution in [0.4, 0.5) is 0 Å². The van der Waals surface area contributed by atoms with Crippen LogP contribution in [0.1, 0.15) is 17.0 Å². The summed E-state index contributed by atoms with van der Waals surface area (Å²) in [6.07, 6.45) is 0.291. The van der Waals surface area contributed by atoms with Crippen molar-refractivity contribution < 1.29 is 5.11 Å². The van der Waals surface area contributed by atoms with Gasteiger partial charge in [0.05, 0.1) is 22.2 Å². The van der Waals surface area contributed by atoms with Crippen molar-refractivity contribution >= 4 is 22.7 Å². The maximum atomic E-state index is 12.4. The molecule has 2 heterocycles. The van der Waals surface area contributed by atoms with E-state index < -0.39 is 0 Å². The largest absolute Gasteiger partial charge is 0.493 e. The van der Waals surface area contributed by atoms with E-state index in [9.17, 15) is 14.7 Å². The lowest BCUT2D eigenvalue weighted by Crippen LogP contribution is -2.16. The van der Waals surface area contributed by atoms with E-state index in [-0.39, 0.29) is 27.7 Å². The van der Waals surface area contributed by atoms with Gasteiger partial charge in [0, 0.05) is 6.42 Å². The molecule has 7 nitrogen and oxygen atoms in total. The minimum atomic E-state index is -0.390. The van der Waals surface area contributed by atoms with Gasteiger partial charge in [-0.2, -0.15) is 4.98 Å². The zero-order chi connectivity index (χ0) is 19.5. The van der Waals surface area contributed by atoms with Crippen LogP contribution in [0.15, 0.2) is 69.3 Å². The Kier molecular flexibility index (Phi) is 4.94. The lowest BCUT2D eigenvalue weighted by molar-refractivity contribution is 0.437. The van der Waals surface area contributed by atoms with Crippen LogP contribution in [-0.4, -0.2) is 25.0 Å². The van der Waals surface area contributed by atoms with Gasteiger partial charge in [-0.1, -0.05) is 54.2 Å². The van der Waals surface area contributed by atoms with Crippen molar-refractivity contribution in [3.63, 3.8) is 0 Å². The maximum absolute atomic E-state index is 12.4. The van der Waals surface area contributed by atoms with Crippen molar-refractivity contribution in [2.24, 2.45) is 0 Å². The molecule has 0 atom stereocenters. The van der Waals surface area contributed by atoms with Gasteiger partial charge in [-0.3, -0.25) is 9.59 Å². The summed E-state index contributed by atoms with van der Waals surface area (Å²) in [4.78, 5) is 38.4. The Balaban J connectivity index is 1.54. The molecule has 0 saturated heterocycles. The fourth-order valence-electron chi connectivity index (χ4n) is 2.83. The number of aromatic amines is 2. The monoisotopic (exact) mass is 392 g/mol. The second-order valence-electron chi connectivity index (χ2n) is 6.15. The summed E-state index contributed by atoms with van der Waals surface area (Å²) in [6, 6.07) is 16.5. The van der Waals surface area contributed by atoms with Gasteiger partial charge in [0.2, 0.25) is 5.88 Å². The van der Waals surface area contributed by atoms with E-state index >= 15 is 0 Å². The van der Waals surface area contributed by atoms with Crippen LogP contribution in [0.5, 0.6) is 5.88 Å². The molecular weight excluding hydrogens is 376 g/mol. The first-order valence-corrected chi connectivity index (χ1v) is 9.55. The Bertz CT molecular complexity index is 1250. The highest BCUT2D eigenvalue weighted by Gasteiger charge is 2.12. The van der Waals surface area contributed by atoms with Crippen molar-refractivity contribution in [2.75, 3.05) is 0 Å². The number of hydrogen-bond donors (Lipinski definition) is 3. The zero-order valence-electron chi connectivity index (χ0n) is 14.7. The average Bonchev–Trinajstić information content (AvgIpc) is 2.70. The lowest BCUT2D eigenvalue weighted by Gasteiger charge is -2.06. The molecule has 0 radical (unpaired) electrons. The molecule has 8 heteroatoms. The number of thioether (sulfide) groups is 1. The smallest absolute Gasteiger partial charge is 0.258 e. The first-order valence-electron chi connectivity index (χ1n) is 8.57. The number of nitrogens with zero attached hydrogens (tertiary/aromatic N) is 2. The third kappa shape index (κ3) is 3.81. The third-order valence-electron chi connectivity index (χ3n) is 4.20. The van der Waals surface area contributed by atoms with E-state index in [4.69, 9.17) is 0 Å². The number of rotatable bonds is 5. The van der Waals surface area contributed by atoms with Crippen molar-refractivity contribution in [1.29, 1.82) is 0 Å². The first-order chi connectivity index (χ1) is 13.6. The van der Waals surface area contributed by atoms with E-state index in [0.29, 0.717) is 28.9 Å². The fourth-order valence-corrected chi connectivity index (χ4v) is 3.56. The minimum Gasteiger partial charge on any atom is -0.493 e. The van der Waals surface area contributed by atoms with E-state index in [1.165, 1.54) is 11.8 Å². The number of para-hydroxylation sites is 1.